The fourth-order valence-corrected chi connectivity index (χ4v) is 0.659. The Bertz CT molecular complexity index is 102. The zero-order valence-corrected chi connectivity index (χ0v) is 8.28. The van der Waals surface area contributed by atoms with Gasteiger partial charge in [-0.05, 0) is 17.9 Å². The van der Waals surface area contributed by atoms with Crippen molar-refractivity contribution in [2.45, 2.75) is 46.5 Å². The van der Waals surface area contributed by atoms with Crippen LogP contribution in [0, 0.1) is 5.41 Å². The fourth-order valence-electron chi connectivity index (χ4n) is 0.659. The van der Waals surface area contributed by atoms with E-state index in [-0.39, 0.29) is 0 Å². The second-order valence-corrected chi connectivity index (χ2v) is 4.04. The third kappa shape index (κ3) is 5.31. The molecule has 64 valence electrons. The molecule has 0 aromatic rings. The van der Waals surface area contributed by atoms with Crippen LogP contribution >= 0.6 is 0 Å². The molecular formula is C9H20BN. The van der Waals surface area contributed by atoms with E-state index in [1.165, 1.54) is 6.42 Å². The Morgan fingerprint density at radius 2 is 2.00 bits per heavy atom. The zero-order valence-electron chi connectivity index (χ0n) is 8.28. The second kappa shape index (κ2) is 4.81. The quantitative estimate of drug-likeness (QED) is 0.595. The predicted octanol–water partition coefficient (Wildman–Crippen LogP) is 1.99. The highest BCUT2D eigenvalue weighted by atomic mass is 14.9. The second-order valence-electron chi connectivity index (χ2n) is 4.04. The van der Waals surface area contributed by atoms with Gasteiger partial charge in [0.25, 0.3) is 0 Å². The molecule has 2 radical (unpaired) electrons. The van der Waals surface area contributed by atoms with Crippen molar-refractivity contribution < 1.29 is 0 Å². The minimum atomic E-state index is 0.406. The van der Waals surface area contributed by atoms with E-state index in [9.17, 15) is 0 Å². The van der Waals surface area contributed by atoms with Gasteiger partial charge in [0, 0.05) is 6.54 Å². The van der Waals surface area contributed by atoms with E-state index in [1.807, 2.05) is 0 Å². The summed E-state index contributed by atoms with van der Waals surface area (Å²) in [6, 6.07) is 0.445. The number of rotatable bonds is 5. The van der Waals surface area contributed by atoms with Crippen LogP contribution in [0.2, 0.25) is 6.32 Å². The molecule has 0 aromatic heterocycles. The first kappa shape index (κ1) is 11.0. The van der Waals surface area contributed by atoms with E-state index < -0.39 is 0 Å². The molecule has 1 atom stereocenters. The van der Waals surface area contributed by atoms with Crippen LogP contribution in [0.4, 0.5) is 0 Å². The summed E-state index contributed by atoms with van der Waals surface area (Å²) in [5, 5.41) is 3.40. The van der Waals surface area contributed by atoms with Crippen LogP contribution in [0.1, 0.15) is 34.1 Å². The Kier molecular flexibility index (Phi) is 4.82. The van der Waals surface area contributed by atoms with Crippen LogP contribution < -0.4 is 5.32 Å². The first-order valence-corrected chi connectivity index (χ1v) is 4.45. The number of hydrogen-bond donors (Lipinski definition) is 1. The van der Waals surface area contributed by atoms with E-state index in [4.69, 9.17) is 7.85 Å². The summed E-state index contributed by atoms with van der Waals surface area (Å²) in [7, 11) is 5.48. The average Bonchev–Trinajstić information content (AvgIpc) is 2.00. The van der Waals surface area contributed by atoms with Gasteiger partial charge in [-0.15, -0.1) is 0 Å². The van der Waals surface area contributed by atoms with Crippen molar-refractivity contribution in [3.63, 3.8) is 0 Å². The van der Waals surface area contributed by atoms with E-state index in [2.05, 4.69) is 33.0 Å². The summed E-state index contributed by atoms with van der Waals surface area (Å²) in [6.45, 7) is 9.93. The average molecular weight is 153 g/mol. The highest BCUT2D eigenvalue weighted by Gasteiger charge is 2.14. The SMILES string of the molecule is [B]CC(C)NCC(C)(C)CC. The predicted molar refractivity (Wildman–Crippen MR) is 52.1 cm³/mol. The van der Waals surface area contributed by atoms with E-state index in [0.29, 0.717) is 11.5 Å². The lowest BCUT2D eigenvalue weighted by molar-refractivity contribution is 0.317. The summed E-state index contributed by atoms with van der Waals surface area (Å²) < 4.78 is 0. The molecule has 0 aliphatic rings. The normalized spacial score (nSPS) is 14.9. The van der Waals surface area contributed by atoms with Crippen LogP contribution in [0.3, 0.4) is 0 Å². The van der Waals surface area contributed by atoms with Crippen molar-refractivity contribution in [2.24, 2.45) is 5.41 Å². The van der Waals surface area contributed by atoms with Crippen molar-refractivity contribution in [3.8, 4) is 0 Å². The molecule has 2 heteroatoms. The molecule has 1 N–H and O–H groups in total. The van der Waals surface area contributed by atoms with Gasteiger partial charge in [-0.2, -0.15) is 0 Å². The van der Waals surface area contributed by atoms with Gasteiger partial charge in [0.1, 0.15) is 0 Å². The van der Waals surface area contributed by atoms with E-state index in [1.54, 1.807) is 0 Å². The Balaban J connectivity index is 3.52. The summed E-state index contributed by atoms with van der Waals surface area (Å²) in [4.78, 5) is 0. The third-order valence-electron chi connectivity index (χ3n) is 2.24. The molecule has 1 nitrogen and oxygen atoms in total. The molecule has 0 aromatic carbocycles. The van der Waals surface area contributed by atoms with E-state index in [0.717, 1.165) is 12.9 Å². The van der Waals surface area contributed by atoms with Crippen molar-refractivity contribution in [1.29, 1.82) is 0 Å². The molecule has 0 fully saturated rings. The Hall–Kier alpha value is 0.0249. The molecule has 0 spiro atoms. The lowest BCUT2D eigenvalue weighted by Crippen LogP contribution is -2.34. The topological polar surface area (TPSA) is 12.0 Å². The summed E-state index contributed by atoms with van der Waals surface area (Å²) in [6.07, 6.45) is 1.93. The lowest BCUT2D eigenvalue weighted by Gasteiger charge is -2.25. The molecule has 0 bridgehead atoms. The maximum absolute atomic E-state index is 5.48. The van der Waals surface area contributed by atoms with Crippen LogP contribution in [0.15, 0.2) is 0 Å². The van der Waals surface area contributed by atoms with Crippen molar-refractivity contribution in [2.75, 3.05) is 6.54 Å². The van der Waals surface area contributed by atoms with Gasteiger partial charge in [0.15, 0.2) is 0 Å². The molecule has 1 unspecified atom stereocenters. The monoisotopic (exact) mass is 153 g/mol. The Labute approximate surface area is 72.4 Å². The smallest absolute Gasteiger partial charge is 0.0673 e. The summed E-state index contributed by atoms with van der Waals surface area (Å²) in [5.41, 5.74) is 0.406. The van der Waals surface area contributed by atoms with Crippen LogP contribution in [0.25, 0.3) is 0 Å². The van der Waals surface area contributed by atoms with E-state index >= 15 is 0 Å². The molecule has 0 saturated heterocycles. The number of hydrogen-bond acceptors (Lipinski definition) is 1. The Morgan fingerprint density at radius 1 is 1.45 bits per heavy atom. The van der Waals surface area contributed by atoms with Crippen molar-refractivity contribution >= 4 is 7.85 Å². The van der Waals surface area contributed by atoms with Gasteiger partial charge >= 0.3 is 0 Å². The molecule has 0 saturated carbocycles. The van der Waals surface area contributed by atoms with Gasteiger partial charge in [-0.25, -0.2) is 0 Å². The molecule has 0 aliphatic heterocycles. The standard InChI is InChI=1S/C9H20BN/c1-5-9(3,4)7-11-8(2)6-10/h8,11H,5-7H2,1-4H3. The molecular weight excluding hydrogens is 133 g/mol. The minimum absolute atomic E-state index is 0.406. The minimum Gasteiger partial charge on any atom is -0.314 e. The zero-order chi connectivity index (χ0) is 8.91. The van der Waals surface area contributed by atoms with Gasteiger partial charge in [-0.1, -0.05) is 34.0 Å². The Morgan fingerprint density at radius 3 is 2.36 bits per heavy atom. The summed E-state index contributed by atoms with van der Waals surface area (Å²) >= 11 is 0. The van der Waals surface area contributed by atoms with Crippen molar-refractivity contribution in [1.82, 2.24) is 5.32 Å². The van der Waals surface area contributed by atoms with Crippen LogP contribution in [0.5, 0.6) is 0 Å². The maximum Gasteiger partial charge on any atom is 0.0673 e. The molecule has 11 heavy (non-hydrogen) atoms. The van der Waals surface area contributed by atoms with Crippen molar-refractivity contribution in [3.05, 3.63) is 0 Å². The fraction of sp³-hybridized carbons (Fsp3) is 1.00. The van der Waals surface area contributed by atoms with Gasteiger partial charge in [-0.3, -0.25) is 0 Å². The van der Waals surface area contributed by atoms with Crippen LogP contribution in [-0.2, 0) is 0 Å². The highest BCUT2D eigenvalue weighted by Crippen LogP contribution is 2.17. The first-order valence-electron chi connectivity index (χ1n) is 4.45. The first-order chi connectivity index (χ1) is 5.02. The molecule has 0 rings (SSSR count). The third-order valence-corrected chi connectivity index (χ3v) is 2.24. The van der Waals surface area contributed by atoms with Gasteiger partial charge in [0.2, 0.25) is 0 Å². The maximum atomic E-state index is 5.48. The molecule has 0 heterocycles. The highest BCUT2D eigenvalue weighted by molar-refractivity contribution is 6.08. The van der Waals surface area contributed by atoms with Crippen LogP contribution in [-0.4, -0.2) is 20.4 Å². The molecule has 0 aliphatic carbocycles. The number of nitrogens with one attached hydrogen (secondary N) is 1. The van der Waals surface area contributed by atoms with Gasteiger partial charge < -0.3 is 5.32 Å². The largest absolute Gasteiger partial charge is 0.314 e. The summed E-state index contributed by atoms with van der Waals surface area (Å²) in [5.74, 6) is 0. The van der Waals surface area contributed by atoms with Gasteiger partial charge in [0.05, 0.1) is 7.85 Å². The lowest BCUT2D eigenvalue weighted by atomic mass is 9.89. The molecule has 0 amide bonds.